The lowest BCUT2D eigenvalue weighted by Crippen LogP contribution is -2.04. The summed E-state index contributed by atoms with van der Waals surface area (Å²) >= 11 is 0. The van der Waals surface area contributed by atoms with Crippen molar-refractivity contribution in [2.24, 2.45) is 5.73 Å². The highest BCUT2D eigenvalue weighted by molar-refractivity contribution is 5.92. The van der Waals surface area contributed by atoms with Crippen LogP contribution in [-0.2, 0) is 0 Å². The van der Waals surface area contributed by atoms with Crippen LogP contribution in [0.2, 0.25) is 0 Å². The minimum absolute atomic E-state index is 0.0563. The van der Waals surface area contributed by atoms with E-state index in [4.69, 9.17) is 10.2 Å². The van der Waals surface area contributed by atoms with Crippen LogP contribution in [0.25, 0.3) is 22.6 Å². The van der Waals surface area contributed by atoms with Crippen LogP contribution in [0.5, 0.6) is 0 Å². The lowest BCUT2D eigenvalue weighted by atomic mass is 9.96. The Kier molecular flexibility index (Phi) is 4.29. The van der Waals surface area contributed by atoms with Crippen molar-refractivity contribution < 1.29 is 14.3 Å². The first-order valence-electron chi connectivity index (χ1n) is 7.47. The molecule has 25 heavy (non-hydrogen) atoms. The lowest BCUT2D eigenvalue weighted by Gasteiger charge is -2.07. The van der Waals surface area contributed by atoms with Gasteiger partial charge in [0.15, 0.2) is 0 Å². The molecule has 0 aliphatic carbocycles. The highest BCUT2D eigenvalue weighted by atomic mass is 16.4. The van der Waals surface area contributed by atoms with Gasteiger partial charge in [-0.2, -0.15) is 5.26 Å². The number of nitrogens with zero attached hydrogens (tertiary/aromatic N) is 3. The van der Waals surface area contributed by atoms with Crippen LogP contribution in [0, 0.1) is 11.3 Å². The molecule has 0 amide bonds. The number of rotatable bonds is 4. The molecule has 3 rings (SSSR count). The van der Waals surface area contributed by atoms with E-state index in [9.17, 15) is 15.2 Å². The summed E-state index contributed by atoms with van der Waals surface area (Å²) in [5, 5.41) is 26.5. The van der Waals surface area contributed by atoms with Gasteiger partial charge in [-0.25, -0.2) is 4.79 Å². The molecule has 1 heterocycles. The van der Waals surface area contributed by atoms with Gasteiger partial charge in [-0.1, -0.05) is 18.2 Å². The third kappa shape index (κ3) is 3.24. The van der Waals surface area contributed by atoms with Crippen LogP contribution >= 0.6 is 0 Å². The largest absolute Gasteiger partial charge is 0.478 e. The lowest BCUT2D eigenvalue weighted by molar-refractivity contribution is 0.0697. The third-order valence-electron chi connectivity index (χ3n) is 3.62. The molecule has 0 spiro atoms. The highest BCUT2D eigenvalue weighted by Gasteiger charge is 2.16. The monoisotopic (exact) mass is 334 g/mol. The Labute approximate surface area is 143 Å². The van der Waals surface area contributed by atoms with Crippen LogP contribution in [0.1, 0.15) is 34.8 Å². The van der Waals surface area contributed by atoms with Gasteiger partial charge in [0.1, 0.15) is 0 Å². The number of aromatic carboxylic acids is 1. The van der Waals surface area contributed by atoms with E-state index in [1.807, 2.05) is 0 Å². The number of carboxylic acid groups (broad SMARTS) is 1. The fourth-order valence-electron chi connectivity index (χ4n) is 2.40. The summed E-state index contributed by atoms with van der Waals surface area (Å²) in [6.45, 7) is 1.71. The van der Waals surface area contributed by atoms with Gasteiger partial charge in [-0.15, -0.1) is 10.2 Å². The Morgan fingerprint density at radius 3 is 2.60 bits per heavy atom. The minimum Gasteiger partial charge on any atom is -0.478 e. The zero-order valence-electron chi connectivity index (χ0n) is 13.3. The number of nitrogens with two attached hydrogens (primary N) is 1. The fraction of sp³-hybridized carbons (Fsp3) is 0.111. The molecule has 0 radical (unpaired) electrons. The molecule has 0 aliphatic heterocycles. The number of hydrogen-bond acceptors (Lipinski definition) is 6. The Morgan fingerprint density at radius 2 is 1.96 bits per heavy atom. The molecule has 124 valence electrons. The molecule has 7 heteroatoms. The first kappa shape index (κ1) is 16.4. The van der Waals surface area contributed by atoms with Crippen LogP contribution in [-0.4, -0.2) is 21.3 Å². The minimum atomic E-state index is -1.09. The van der Waals surface area contributed by atoms with Crippen molar-refractivity contribution >= 4 is 5.97 Å². The predicted molar refractivity (Wildman–Crippen MR) is 89.4 cm³/mol. The molecular formula is C18H14N4O3. The average Bonchev–Trinajstić information content (AvgIpc) is 3.11. The van der Waals surface area contributed by atoms with Gasteiger partial charge in [-0.3, -0.25) is 0 Å². The maximum absolute atomic E-state index is 11.5. The SMILES string of the molecule is CC(N)c1nnc(-c2cc(C(=O)O)cc(-c3ccccc3C#N)c2)o1. The quantitative estimate of drug-likeness (QED) is 0.751. The predicted octanol–water partition coefficient (Wildman–Crippen LogP) is 2.99. The zero-order valence-corrected chi connectivity index (χ0v) is 13.3. The second-order valence-electron chi connectivity index (χ2n) is 5.50. The number of nitriles is 1. The number of aromatic nitrogens is 2. The van der Waals surface area contributed by atoms with E-state index in [2.05, 4.69) is 16.3 Å². The molecule has 0 saturated carbocycles. The summed E-state index contributed by atoms with van der Waals surface area (Å²) in [5.41, 5.74) is 7.86. The normalized spacial score (nSPS) is 11.7. The van der Waals surface area contributed by atoms with E-state index in [0.717, 1.165) is 0 Å². The summed E-state index contributed by atoms with van der Waals surface area (Å²) in [6, 6.07) is 13.3. The Bertz CT molecular complexity index is 986. The van der Waals surface area contributed by atoms with E-state index < -0.39 is 12.0 Å². The smallest absolute Gasteiger partial charge is 0.335 e. The Hall–Kier alpha value is -3.50. The molecule has 0 bridgehead atoms. The molecular weight excluding hydrogens is 320 g/mol. The van der Waals surface area contributed by atoms with Crippen molar-refractivity contribution in [2.75, 3.05) is 0 Å². The summed E-state index contributed by atoms with van der Waals surface area (Å²) in [6.07, 6.45) is 0. The second-order valence-corrected chi connectivity index (χ2v) is 5.50. The number of carbonyl (C=O) groups is 1. The van der Waals surface area contributed by atoms with Crippen molar-refractivity contribution in [1.82, 2.24) is 10.2 Å². The van der Waals surface area contributed by atoms with Crippen LogP contribution < -0.4 is 5.73 Å². The summed E-state index contributed by atoms with van der Waals surface area (Å²) in [4.78, 5) is 11.5. The first-order chi connectivity index (χ1) is 12.0. The molecule has 0 saturated heterocycles. The third-order valence-corrected chi connectivity index (χ3v) is 3.62. The first-order valence-corrected chi connectivity index (χ1v) is 7.47. The fourth-order valence-corrected chi connectivity index (χ4v) is 2.40. The zero-order chi connectivity index (χ0) is 18.0. The van der Waals surface area contributed by atoms with E-state index in [0.29, 0.717) is 22.3 Å². The Balaban J connectivity index is 2.18. The number of hydrogen-bond donors (Lipinski definition) is 2. The van der Waals surface area contributed by atoms with Gasteiger partial charge < -0.3 is 15.3 Å². The topological polar surface area (TPSA) is 126 Å². The maximum atomic E-state index is 11.5. The van der Waals surface area contributed by atoms with Gasteiger partial charge in [0, 0.05) is 5.56 Å². The Morgan fingerprint density at radius 1 is 1.24 bits per heavy atom. The molecule has 7 nitrogen and oxygen atoms in total. The van der Waals surface area contributed by atoms with E-state index in [1.165, 1.54) is 12.1 Å². The number of benzene rings is 2. The van der Waals surface area contributed by atoms with Crippen LogP contribution in [0.4, 0.5) is 0 Å². The maximum Gasteiger partial charge on any atom is 0.335 e. The summed E-state index contributed by atoms with van der Waals surface area (Å²) in [5.74, 6) is -0.662. The molecule has 1 atom stereocenters. The van der Waals surface area contributed by atoms with Gasteiger partial charge in [0.05, 0.1) is 23.2 Å². The van der Waals surface area contributed by atoms with Gasteiger partial charge in [0.2, 0.25) is 11.8 Å². The van der Waals surface area contributed by atoms with Crippen molar-refractivity contribution in [3.8, 4) is 28.7 Å². The summed E-state index contributed by atoms with van der Waals surface area (Å²) in [7, 11) is 0. The van der Waals surface area contributed by atoms with Crippen molar-refractivity contribution in [3.05, 3.63) is 59.5 Å². The number of carboxylic acids is 1. The van der Waals surface area contributed by atoms with E-state index in [1.54, 1.807) is 37.3 Å². The van der Waals surface area contributed by atoms with E-state index >= 15 is 0 Å². The van der Waals surface area contributed by atoms with Crippen molar-refractivity contribution in [3.63, 3.8) is 0 Å². The van der Waals surface area contributed by atoms with Gasteiger partial charge >= 0.3 is 5.97 Å². The molecule has 3 aromatic rings. The van der Waals surface area contributed by atoms with Crippen molar-refractivity contribution in [1.29, 1.82) is 5.26 Å². The van der Waals surface area contributed by atoms with E-state index in [-0.39, 0.29) is 17.3 Å². The molecule has 2 aromatic carbocycles. The van der Waals surface area contributed by atoms with Crippen molar-refractivity contribution in [2.45, 2.75) is 13.0 Å². The average molecular weight is 334 g/mol. The van der Waals surface area contributed by atoms with Gasteiger partial charge in [0.25, 0.3) is 0 Å². The summed E-state index contributed by atoms with van der Waals surface area (Å²) < 4.78 is 5.51. The van der Waals surface area contributed by atoms with Crippen LogP contribution in [0.15, 0.2) is 46.9 Å². The van der Waals surface area contributed by atoms with Crippen LogP contribution in [0.3, 0.4) is 0 Å². The standard InChI is InChI=1S/C18H14N4O3/c1-10(20)16-21-22-17(25-16)13-6-12(7-14(8-13)18(23)24)15-5-3-2-4-11(15)9-19/h2-8,10H,20H2,1H3,(H,23,24). The molecule has 1 unspecified atom stereocenters. The highest BCUT2D eigenvalue weighted by Crippen LogP contribution is 2.30. The molecule has 0 fully saturated rings. The molecule has 3 N–H and O–H groups in total. The van der Waals surface area contributed by atoms with Gasteiger partial charge in [-0.05, 0) is 42.3 Å². The molecule has 1 aromatic heterocycles. The molecule has 0 aliphatic rings. The second kappa shape index (κ2) is 6.55.